The Morgan fingerprint density at radius 2 is 1.92 bits per heavy atom. The third-order valence-electron chi connectivity index (χ3n) is 5.72. The highest BCUT2D eigenvalue weighted by atomic mass is 16.3. The molecule has 1 unspecified atom stereocenters. The Morgan fingerprint density at radius 1 is 1.12 bits per heavy atom. The molecule has 0 bridgehead atoms. The summed E-state index contributed by atoms with van der Waals surface area (Å²) in [5.74, 6) is 0.533. The van der Waals surface area contributed by atoms with Crippen molar-refractivity contribution >= 4 is 5.69 Å². The predicted molar refractivity (Wildman–Crippen MR) is 99.6 cm³/mol. The Morgan fingerprint density at radius 3 is 2.64 bits per heavy atom. The number of aliphatic hydroxyl groups excluding tert-OH is 1. The van der Waals surface area contributed by atoms with Gasteiger partial charge in [-0.05, 0) is 43.7 Å². The van der Waals surface area contributed by atoms with E-state index in [1.807, 2.05) is 18.7 Å². The van der Waals surface area contributed by atoms with Crippen LogP contribution in [-0.4, -0.2) is 45.9 Å². The highest BCUT2D eigenvalue weighted by Crippen LogP contribution is 2.29. The van der Waals surface area contributed by atoms with E-state index in [9.17, 15) is 5.11 Å². The molecule has 1 saturated heterocycles. The standard InChI is InChI=1S/C20H28N4O/c25-20-13-16(14-23-11-8-21-15-23)12-19(20)22-17-6-9-24(10-7-17)18-4-2-1-3-5-18/h1-5,8,11,15-17,19-20,22,25H,6-7,9-10,12-14H2/t16?,19-,20-/m1/s1. The topological polar surface area (TPSA) is 53.3 Å². The first-order valence-electron chi connectivity index (χ1n) is 9.48. The Bertz CT molecular complexity index is 637. The smallest absolute Gasteiger partial charge is 0.0945 e. The lowest BCUT2D eigenvalue weighted by atomic mass is 10.0. The van der Waals surface area contributed by atoms with Crippen molar-refractivity contribution in [2.75, 3.05) is 18.0 Å². The van der Waals surface area contributed by atoms with E-state index in [0.717, 1.165) is 45.3 Å². The first-order valence-corrected chi connectivity index (χ1v) is 9.48. The SMILES string of the molecule is O[C@@H]1CC(Cn2ccnc2)C[C@H]1NC1CCN(c2ccccc2)CC1. The maximum absolute atomic E-state index is 10.5. The second-order valence-electron chi connectivity index (χ2n) is 7.53. The normalized spacial score (nSPS) is 27.7. The summed E-state index contributed by atoms with van der Waals surface area (Å²) in [5, 5.41) is 14.2. The zero-order valence-corrected chi connectivity index (χ0v) is 14.7. The summed E-state index contributed by atoms with van der Waals surface area (Å²) in [4.78, 5) is 6.57. The molecular formula is C20H28N4O. The van der Waals surface area contributed by atoms with Crippen LogP contribution in [0.15, 0.2) is 49.1 Å². The van der Waals surface area contributed by atoms with E-state index >= 15 is 0 Å². The summed E-state index contributed by atoms with van der Waals surface area (Å²) in [6.45, 7) is 3.13. The number of benzene rings is 1. The number of para-hydroxylation sites is 1. The molecule has 1 aliphatic heterocycles. The number of nitrogens with one attached hydrogen (secondary N) is 1. The van der Waals surface area contributed by atoms with Crippen LogP contribution >= 0.6 is 0 Å². The Labute approximate surface area is 149 Å². The fraction of sp³-hybridized carbons (Fsp3) is 0.550. The summed E-state index contributed by atoms with van der Waals surface area (Å²) in [7, 11) is 0. The van der Waals surface area contributed by atoms with Crippen molar-refractivity contribution in [2.24, 2.45) is 5.92 Å². The van der Waals surface area contributed by atoms with Crippen LogP contribution < -0.4 is 10.2 Å². The number of rotatable bonds is 5. The minimum absolute atomic E-state index is 0.222. The molecule has 4 rings (SSSR count). The third kappa shape index (κ3) is 4.05. The van der Waals surface area contributed by atoms with Gasteiger partial charge in [-0.15, -0.1) is 0 Å². The summed E-state index contributed by atoms with van der Waals surface area (Å²) in [5.41, 5.74) is 1.32. The lowest BCUT2D eigenvalue weighted by molar-refractivity contribution is 0.137. The van der Waals surface area contributed by atoms with Crippen LogP contribution in [0.1, 0.15) is 25.7 Å². The molecular weight excluding hydrogens is 312 g/mol. The average molecular weight is 340 g/mol. The van der Waals surface area contributed by atoms with Crippen LogP contribution in [0.4, 0.5) is 5.69 Å². The number of imidazole rings is 1. The maximum Gasteiger partial charge on any atom is 0.0945 e. The van der Waals surface area contributed by atoms with Gasteiger partial charge in [0.25, 0.3) is 0 Å². The summed E-state index contributed by atoms with van der Waals surface area (Å²) in [6.07, 6.45) is 9.70. The zero-order chi connectivity index (χ0) is 17.1. The largest absolute Gasteiger partial charge is 0.391 e. The van der Waals surface area contributed by atoms with E-state index in [0.29, 0.717) is 12.0 Å². The molecule has 1 aliphatic carbocycles. The van der Waals surface area contributed by atoms with Gasteiger partial charge in [0.15, 0.2) is 0 Å². The van der Waals surface area contributed by atoms with Crippen LogP contribution in [0.5, 0.6) is 0 Å². The fourth-order valence-electron chi connectivity index (χ4n) is 4.39. The van der Waals surface area contributed by atoms with E-state index in [1.165, 1.54) is 5.69 Å². The number of hydrogen-bond acceptors (Lipinski definition) is 4. The Balaban J connectivity index is 1.26. The first-order chi connectivity index (χ1) is 12.3. The van der Waals surface area contributed by atoms with Gasteiger partial charge < -0.3 is 19.9 Å². The monoisotopic (exact) mass is 340 g/mol. The van der Waals surface area contributed by atoms with E-state index in [1.54, 1.807) is 0 Å². The van der Waals surface area contributed by atoms with Gasteiger partial charge >= 0.3 is 0 Å². The lowest BCUT2D eigenvalue weighted by Crippen LogP contribution is -2.48. The molecule has 2 N–H and O–H groups in total. The van der Waals surface area contributed by atoms with Crippen molar-refractivity contribution in [3.8, 4) is 0 Å². The highest BCUT2D eigenvalue weighted by molar-refractivity contribution is 5.46. The van der Waals surface area contributed by atoms with Crippen LogP contribution in [0, 0.1) is 5.92 Å². The van der Waals surface area contributed by atoms with Crippen molar-refractivity contribution in [3.63, 3.8) is 0 Å². The van der Waals surface area contributed by atoms with E-state index < -0.39 is 0 Å². The van der Waals surface area contributed by atoms with Gasteiger partial charge in [0, 0.05) is 49.8 Å². The summed E-state index contributed by atoms with van der Waals surface area (Å²) < 4.78 is 2.12. The maximum atomic E-state index is 10.5. The minimum Gasteiger partial charge on any atom is -0.391 e. The third-order valence-corrected chi connectivity index (χ3v) is 5.72. The molecule has 2 aliphatic rings. The van der Waals surface area contributed by atoms with Crippen molar-refractivity contribution in [3.05, 3.63) is 49.1 Å². The quantitative estimate of drug-likeness (QED) is 0.877. The molecule has 5 nitrogen and oxygen atoms in total. The number of aromatic nitrogens is 2. The molecule has 2 heterocycles. The van der Waals surface area contributed by atoms with Crippen LogP contribution in [-0.2, 0) is 6.54 Å². The van der Waals surface area contributed by atoms with Crippen molar-refractivity contribution in [1.29, 1.82) is 0 Å². The van der Waals surface area contributed by atoms with Crippen LogP contribution in [0.2, 0.25) is 0 Å². The van der Waals surface area contributed by atoms with Gasteiger partial charge in [0.2, 0.25) is 0 Å². The Hall–Kier alpha value is -1.85. The number of anilines is 1. The lowest BCUT2D eigenvalue weighted by Gasteiger charge is -2.35. The molecule has 0 radical (unpaired) electrons. The van der Waals surface area contributed by atoms with Gasteiger partial charge in [0.1, 0.15) is 0 Å². The van der Waals surface area contributed by atoms with Crippen molar-refractivity contribution in [1.82, 2.24) is 14.9 Å². The number of nitrogens with zero attached hydrogens (tertiary/aromatic N) is 3. The van der Waals surface area contributed by atoms with E-state index in [-0.39, 0.29) is 12.1 Å². The van der Waals surface area contributed by atoms with Gasteiger partial charge in [-0.2, -0.15) is 0 Å². The molecule has 2 fully saturated rings. The number of aliphatic hydroxyl groups is 1. The minimum atomic E-state index is -0.222. The molecule has 1 saturated carbocycles. The number of hydrogen-bond donors (Lipinski definition) is 2. The summed E-state index contributed by atoms with van der Waals surface area (Å²) in [6, 6.07) is 11.4. The van der Waals surface area contributed by atoms with Gasteiger partial charge in [-0.1, -0.05) is 18.2 Å². The van der Waals surface area contributed by atoms with Crippen LogP contribution in [0.3, 0.4) is 0 Å². The van der Waals surface area contributed by atoms with E-state index in [4.69, 9.17) is 0 Å². The highest BCUT2D eigenvalue weighted by Gasteiger charge is 2.34. The average Bonchev–Trinajstić information content (AvgIpc) is 3.27. The van der Waals surface area contributed by atoms with Gasteiger partial charge in [-0.3, -0.25) is 0 Å². The second kappa shape index (κ2) is 7.58. The number of piperidine rings is 1. The zero-order valence-electron chi connectivity index (χ0n) is 14.7. The molecule has 3 atom stereocenters. The Kier molecular flexibility index (Phi) is 5.04. The molecule has 1 aromatic carbocycles. The van der Waals surface area contributed by atoms with E-state index in [2.05, 4.69) is 50.1 Å². The van der Waals surface area contributed by atoms with Crippen LogP contribution in [0.25, 0.3) is 0 Å². The van der Waals surface area contributed by atoms with Crippen molar-refractivity contribution in [2.45, 2.75) is 50.4 Å². The van der Waals surface area contributed by atoms with Gasteiger partial charge in [-0.25, -0.2) is 4.98 Å². The predicted octanol–water partition coefficient (Wildman–Crippen LogP) is 2.28. The summed E-state index contributed by atoms with van der Waals surface area (Å²) >= 11 is 0. The van der Waals surface area contributed by atoms with Gasteiger partial charge in [0.05, 0.1) is 12.4 Å². The molecule has 0 spiro atoms. The molecule has 0 amide bonds. The van der Waals surface area contributed by atoms with Crippen molar-refractivity contribution < 1.29 is 5.11 Å². The second-order valence-corrected chi connectivity index (χ2v) is 7.53. The molecule has 25 heavy (non-hydrogen) atoms. The fourth-order valence-corrected chi connectivity index (χ4v) is 4.39. The molecule has 5 heteroatoms. The molecule has 2 aromatic rings. The first kappa shape index (κ1) is 16.6. The molecule has 134 valence electrons. The molecule has 1 aromatic heterocycles.